The third-order valence-electron chi connectivity index (χ3n) is 36.4. The topological polar surface area (TPSA) is 202 Å². The molecular formula is C91H147ClN2O15Si2. The summed E-state index contributed by atoms with van der Waals surface area (Å²) in [7, 11) is -2.35. The Morgan fingerprint density at radius 1 is 0.595 bits per heavy atom. The summed E-state index contributed by atoms with van der Waals surface area (Å²) in [6.07, 6.45) is 25.6. The summed E-state index contributed by atoms with van der Waals surface area (Å²) in [5, 5.41) is 24.2. The number of aliphatic hydroxyl groups is 1. The molecule has 111 heavy (non-hydrogen) atoms. The molecular weight excluding hydrogens is 1450 g/mol. The fraction of sp³-hybridized carbons (Fsp3) is 0.868. The maximum absolute atomic E-state index is 12.6. The number of hydrogen-bond donors (Lipinski definition) is 2. The van der Waals surface area contributed by atoms with Crippen LogP contribution in [0.1, 0.15) is 266 Å². The van der Waals surface area contributed by atoms with Crippen LogP contribution in [0.5, 0.6) is 5.75 Å². The van der Waals surface area contributed by atoms with Crippen molar-refractivity contribution < 1.29 is 66.4 Å². The van der Waals surface area contributed by atoms with Gasteiger partial charge in [-0.05, 0) is 305 Å². The van der Waals surface area contributed by atoms with Crippen molar-refractivity contribution in [3.05, 3.63) is 58.7 Å². The number of nitrogens with one attached hydrogen (secondary N) is 1. The van der Waals surface area contributed by atoms with Crippen LogP contribution < -0.4 is 10.1 Å². The Morgan fingerprint density at radius 2 is 1.00 bits per heavy atom. The van der Waals surface area contributed by atoms with Gasteiger partial charge in [-0.25, -0.2) is 9.59 Å². The van der Waals surface area contributed by atoms with Crippen molar-refractivity contribution in [2.24, 2.45) is 101 Å². The van der Waals surface area contributed by atoms with Crippen molar-refractivity contribution in [2.75, 3.05) is 20.3 Å². The molecule has 4 heterocycles. The van der Waals surface area contributed by atoms with Gasteiger partial charge in [0.1, 0.15) is 11.9 Å². The molecule has 1 amide bonds. The molecule has 0 aromatic heterocycles. The number of carbonyl (C=O) groups is 2. The molecule has 28 atom stereocenters. The van der Waals surface area contributed by atoms with Crippen molar-refractivity contribution in [3.8, 4) is 5.75 Å². The second-order valence-corrected chi connectivity index (χ2v) is 50.7. The summed E-state index contributed by atoms with van der Waals surface area (Å²) in [6, 6.07) is 11.9. The van der Waals surface area contributed by atoms with Crippen LogP contribution in [0.2, 0.25) is 36.3 Å². The Hall–Kier alpha value is -2.80. The van der Waals surface area contributed by atoms with E-state index in [1.165, 1.54) is 127 Å². The Labute approximate surface area is 675 Å². The van der Waals surface area contributed by atoms with Gasteiger partial charge >= 0.3 is 11.5 Å². The van der Waals surface area contributed by atoms with Crippen molar-refractivity contribution in [1.82, 2.24) is 5.32 Å². The number of nitro groups is 1. The second-order valence-electron chi connectivity index (χ2n) is 40.9. The van der Waals surface area contributed by atoms with Crippen LogP contribution in [0.4, 0.5) is 15.3 Å². The molecule has 4 unspecified atom stereocenters. The average Bonchev–Trinajstić information content (AvgIpc) is 1.46. The van der Waals surface area contributed by atoms with Gasteiger partial charge in [0, 0.05) is 54.8 Å². The number of nitro benzene ring substituents is 1. The SMILES string of the molecule is C=C(C)[C@@H](O)[C@H]1C[C@@H](C)[C@H]2[C@H](O1)[C@H](O[Si](CC)(CC)CC)[C@@]1(C)[C@@H]3CC[C@H]4C(C)(C)C(O[C@H]5CCCCO5)CCC45C[C@@]35CC[C@]21C.C=C(C)[C@@H](OC(=O)NC)[C@H]1C[C@@H](C)[C@H]2[C@H](O1)[C@H](O[Si](CC)(CC)CC)[C@@]1(C)[C@@H]3CC[C@H]4C(C)(C)C(O[C@H]5CCCCO5)CCC45C[C@@]35CC[C@]21C.O=C(Cl)Oc1ccc([N+](=O)[O-])cc1. The van der Waals surface area contributed by atoms with Crippen LogP contribution in [0.25, 0.3) is 0 Å². The molecule has 20 heteroatoms. The maximum Gasteiger partial charge on any atom is 0.409 e. The number of amides is 1. The zero-order valence-electron chi connectivity index (χ0n) is 72.0. The first kappa shape index (κ1) is 86.1. The normalized spacial score (nSPS) is 44.4. The van der Waals surface area contributed by atoms with Crippen molar-refractivity contribution >= 4 is 45.4 Å². The minimum absolute atomic E-state index is 0.00373. The second kappa shape index (κ2) is 31.7. The van der Waals surface area contributed by atoms with E-state index in [1.807, 2.05) is 13.8 Å². The largest absolute Gasteiger partial charge is 0.439 e. The summed E-state index contributed by atoms with van der Waals surface area (Å²) < 4.78 is 66.8. The van der Waals surface area contributed by atoms with E-state index in [4.69, 9.17) is 53.6 Å². The van der Waals surface area contributed by atoms with Crippen LogP contribution in [-0.4, -0.2) is 132 Å². The van der Waals surface area contributed by atoms with Crippen LogP contribution in [0.15, 0.2) is 48.6 Å². The van der Waals surface area contributed by atoms with Gasteiger partial charge in [0.2, 0.25) is 0 Å². The number of nitrogens with zero attached hydrogens (tertiary/aromatic N) is 1. The molecule has 4 spiro atoms. The van der Waals surface area contributed by atoms with E-state index >= 15 is 0 Å². The number of ether oxygens (including phenoxy) is 8. The number of aliphatic hydroxyl groups excluding tert-OH is 1. The molecule has 626 valence electrons. The summed E-state index contributed by atoms with van der Waals surface area (Å²) in [5.41, 5.74) is 2.88. The van der Waals surface area contributed by atoms with Gasteiger partial charge < -0.3 is 57.2 Å². The Balaban J connectivity index is 0.000000168. The third-order valence-corrected chi connectivity index (χ3v) is 45.7. The number of hydrogen-bond acceptors (Lipinski definition) is 15. The molecule has 2 N–H and O–H groups in total. The van der Waals surface area contributed by atoms with E-state index in [1.54, 1.807) is 7.05 Å². The number of halogens is 1. The lowest BCUT2D eigenvalue weighted by Crippen LogP contribution is -2.61. The lowest BCUT2D eigenvalue weighted by Gasteiger charge is -2.64. The smallest absolute Gasteiger partial charge is 0.409 e. The number of alkyl carbamates (subject to hydrolysis) is 1. The zero-order valence-corrected chi connectivity index (χ0v) is 74.7. The van der Waals surface area contributed by atoms with Crippen LogP contribution >= 0.6 is 11.6 Å². The van der Waals surface area contributed by atoms with E-state index in [2.05, 4.69) is 134 Å². The van der Waals surface area contributed by atoms with E-state index in [-0.39, 0.29) is 99.2 Å². The van der Waals surface area contributed by atoms with Crippen LogP contribution in [0.3, 0.4) is 0 Å². The summed E-state index contributed by atoms with van der Waals surface area (Å²) in [5.74, 6) is 4.64. The molecule has 17 nitrogen and oxygen atoms in total. The van der Waals surface area contributed by atoms with Gasteiger partial charge in [0.25, 0.3) is 5.69 Å². The lowest BCUT2D eigenvalue weighted by atomic mass is 9.41. The summed E-state index contributed by atoms with van der Waals surface area (Å²) in [6.45, 7) is 54.2. The molecule has 1 aromatic carbocycles. The highest BCUT2D eigenvalue weighted by atomic mass is 35.5. The van der Waals surface area contributed by atoms with Gasteiger partial charge in [0.05, 0.1) is 53.8 Å². The molecule has 14 fully saturated rings. The fourth-order valence-electron chi connectivity index (χ4n) is 30.1. The molecule has 4 aliphatic heterocycles. The molecule has 0 radical (unpaired) electrons. The minimum atomic E-state index is -2.02. The highest BCUT2D eigenvalue weighted by Gasteiger charge is 2.87. The van der Waals surface area contributed by atoms with Gasteiger partial charge in [-0.3, -0.25) is 10.1 Å². The number of non-ortho nitro benzene ring substituents is 1. The molecule has 14 aliphatic rings. The Kier molecular flexibility index (Phi) is 24.6. The standard InChI is InChI=1S/C43H73NO6Si.C41H70O5Si.C7H4ClNO4/c1-12-51(13-2,14-3)50-37-36-34(28(6)25-29(47-36)35(27(4)5)49-38(45)44-11)40(9)22-23-43-26-42(43)21-20-32(48-33-17-15-16-24-46-33)39(7,8)30(42)18-19-31(43)41(37,40)10;1-11-47(12-2,13-3)46-36-35-33(27(6)24-28(44-35)34(42)26(4)5)38(9)21-22-41-25-40(41)20-19-31(45-32-16-14-15-23-43-32)37(7,8)29(40)17-18-30(41)39(36,38)10;8-7(10)13-6-3-1-5(2-4-6)9(11)12/h28-37H,4,12-26H2,1-3,5-11H3,(H,44,45);27-36,42H,4,11-25H2,1-3,5-10H3;1-4H/t28-,29-,30+,31+,32?,33+,34+,35-,36+,37+,40-,41-,42?,43+;27-,28-,29+,30+,31?,32+,33+,34-,35+,36+,38-,39-,40?,41+;/m11./s1. The summed E-state index contributed by atoms with van der Waals surface area (Å²) in [4.78, 5) is 32.5. The molecule has 0 bridgehead atoms. The number of fused-ring (bicyclic) bond motifs is 8. The first-order chi connectivity index (χ1) is 52.4. The van der Waals surface area contributed by atoms with E-state index in [0.717, 1.165) is 99.1 Å². The zero-order chi connectivity index (χ0) is 80.4. The molecule has 10 saturated carbocycles. The van der Waals surface area contributed by atoms with Crippen molar-refractivity contribution in [3.63, 3.8) is 0 Å². The first-order valence-corrected chi connectivity index (χ1v) is 50.1. The van der Waals surface area contributed by atoms with Gasteiger partial charge in [-0.1, -0.05) is 124 Å². The van der Waals surface area contributed by atoms with Crippen molar-refractivity contribution in [1.29, 1.82) is 0 Å². The molecule has 15 rings (SSSR count). The van der Waals surface area contributed by atoms with Crippen LogP contribution in [-0.2, 0) is 42.0 Å². The van der Waals surface area contributed by atoms with Gasteiger partial charge in [0.15, 0.2) is 35.3 Å². The summed E-state index contributed by atoms with van der Waals surface area (Å²) >= 11 is 4.92. The lowest BCUT2D eigenvalue weighted by molar-refractivity contribution is -0.384. The molecule has 10 aliphatic carbocycles. The highest BCUT2D eigenvalue weighted by Crippen LogP contribution is 2.92. The first-order valence-electron chi connectivity index (χ1n) is 44.6. The monoisotopic (exact) mass is 1600 g/mol. The van der Waals surface area contributed by atoms with E-state index in [0.29, 0.717) is 75.1 Å². The van der Waals surface area contributed by atoms with Crippen molar-refractivity contribution in [2.45, 2.75) is 376 Å². The number of carbonyl (C=O) groups excluding carboxylic acids is 2. The Morgan fingerprint density at radius 3 is 1.37 bits per heavy atom. The fourth-order valence-corrected chi connectivity index (χ4v) is 36.0. The number of benzene rings is 1. The van der Waals surface area contributed by atoms with E-state index in [9.17, 15) is 24.8 Å². The van der Waals surface area contributed by atoms with E-state index < -0.39 is 45.3 Å². The number of rotatable bonds is 21. The van der Waals surface area contributed by atoms with Gasteiger partial charge in [-0.2, -0.15) is 0 Å². The molecule has 1 aromatic rings. The quantitative estimate of drug-likeness (QED) is 0.0294. The predicted molar refractivity (Wildman–Crippen MR) is 441 cm³/mol. The molecule has 4 saturated heterocycles. The highest BCUT2D eigenvalue weighted by molar-refractivity contribution is 6.74. The Bertz CT molecular complexity index is 3510. The van der Waals surface area contributed by atoms with Gasteiger partial charge in [-0.15, -0.1) is 0 Å². The minimum Gasteiger partial charge on any atom is -0.439 e. The third kappa shape index (κ3) is 13.8. The predicted octanol–water partition coefficient (Wildman–Crippen LogP) is 22.1. The van der Waals surface area contributed by atoms with Crippen LogP contribution in [0, 0.1) is 112 Å². The average molecular weight is 1600 g/mol. The maximum atomic E-state index is 12.6.